The maximum atomic E-state index is 15.1. The fourth-order valence-electron chi connectivity index (χ4n) is 7.60. The van der Waals surface area contributed by atoms with Crippen molar-refractivity contribution in [2.75, 3.05) is 0 Å². The molecule has 0 fully saturated rings. The summed E-state index contributed by atoms with van der Waals surface area (Å²) in [4.78, 5) is 5.49. The van der Waals surface area contributed by atoms with E-state index >= 15 is 4.57 Å². The second kappa shape index (κ2) is 10.2. The Hall–Kier alpha value is -4.26. The molecule has 210 valence electrons. The van der Waals surface area contributed by atoms with Gasteiger partial charge in [-0.1, -0.05) is 140 Å². The van der Waals surface area contributed by atoms with Crippen molar-refractivity contribution in [2.45, 2.75) is 38.5 Å². The van der Waals surface area contributed by atoms with Crippen LogP contribution in [0.2, 0.25) is 0 Å². The molecule has 0 saturated heterocycles. The molecule has 0 aliphatic heterocycles. The topological polar surface area (TPSA) is 30.0 Å². The average molecular weight is 576 g/mol. The summed E-state index contributed by atoms with van der Waals surface area (Å²) in [6, 6.07) is 33.2. The van der Waals surface area contributed by atoms with Crippen LogP contribution in [0.1, 0.15) is 48.9 Å². The number of hydrogen-bond acceptors (Lipinski definition) is 2. The van der Waals surface area contributed by atoms with Gasteiger partial charge in [0.25, 0.3) is 0 Å². The van der Waals surface area contributed by atoms with E-state index in [4.69, 9.17) is 4.98 Å². The van der Waals surface area contributed by atoms with Gasteiger partial charge in [0.1, 0.15) is 0 Å². The zero-order valence-corrected chi connectivity index (χ0v) is 25.3. The molecular weight excluding hydrogens is 541 g/mol. The summed E-state index contributed by atoms with van der Waals surface area (Å²) in [6.07, 6.45) is 17.3. The van der Waals surface area contributed by atoms with Crippen molar-refractivity contribution in [1.29, 1.82) is 0 Å². The Kier molecular flexibility index (Phi) is 6.24. The van der Waals surface area contributed by atoms with E-state index in [0.29, 0.717) is 0 Å². The molecule has 0 bridgehead atoms. The Morgan fingerprint density at radius 2 is 1.47 bits per heavy atom. The minimum Gasteiger partial charge on any atom is -0.309 e. The van der Waals surface area contributed by atoms with Gasteiger partial charge in [0, 0.05) is 27.3 Å². The number of pyridine rings is 1. The van der Waals surface area contributed by atoms with E-state index in [1.807, 2.05) is 60.7 Å². The molecule has 3 aliphatic carbocycles. The average Bonchev–Trinajstić information content (AvgIpc) is 3.07. The van der Waals surface area contributed by atoms with Crippen LogP contribution in [0.5, 0.6) is 0 Å². The molecule has 0 spiro atoms. The Morgan fingerprint density at radius 3 is 2.19 bits per heavy atom. The van der Waals surface area contributed by atoms with Gasteiger partial charge in [0.05, 0.1) is 11.2 Å². The van der Waals surface area contributed by atoms with Crippen LogP contribution in [-0.4, -0.2) is 4.98 Å². The molecule has 1 heterocycles. The standard InChI is InChI=1S/C40H34NOP/c1-40-26-11-10-18-36(40)39-35(25-27-40)37(34-24-21-28-12-8-9-17-33(28)38(34)41-39)29-19-22-32(23-20-29)43(42,30-13-4-2-5-14-30)31-15-6-3-7-16-31/h2-19,21-22,24,26,36H,20,23,25,27H2,1H3. The van der Waals surface area contributed by atoms with E-state index in [1.54, 1.807) is 0 Å². The van der Waals surface area contributed by atoms with E-state index in [0.717, 1.165) is 47.1 Å². The van der Waals surface area contributed by atoms with Gasteiger partial charge in [0.15, 0.2) is 7.14 Å². The van der Waals surface area contributed by atoms with E-state index in [9.17, 15) is 0 Å². The molecule has 0 N–H and O–H groups in total. The van der Waals surface area contributed by atoms with Gasteiger partial charge in [-0.05, 0) is 58.5 Å². The Morgan fingerprint density at radius 1 is 0.744 bits per heavy atom. The third kappa shape index (κ3) is 4.15. The van der Waals surface area contributed by atoms with Crippen molar-refractivity contribution in [3.05, 3.63) is 156 Å². The fourth-order valence-corrected chi connectivity index (χ4v) is 10.5. The van der Waals surface area contributed by atoms with E-state index in [2.05, 4.69) is 79.8 Å². The molecular formula is C40H34NOP. The first-order valence-corrected chi connectivity index (χ1v) is 17.1. The SMILES string of the molecule is CC12C=CC=CC1c1nc3c(ccc4ccccc43)c(C3=CC=C(P(=O)(c4ccccc4)c4ccccc4)CC3)c1CC2. The third-order valence-electron chi connectivity index (χ3n) is 9.92. The molecule has 2 atom stereocenters. The molecule has 43 heavy (non-hydrogen) atoms. The van der Waals surface area contributed by atoms with Crippen LogP contribution in [-0.2, 0) is 11.0 Å². The van der Waals surface area contributed by atoms with Crippen molar-refractivity contribution in [3.63, 3.8) is 0 Å². The van der Waals surface area contributed by atoms with Gasteiger partial charge in [-0.3, -0.25) is 4.98 Å². The van der Waals surface area contributed by atoms with Crippen LogP contribution in [0.15, 0.2) is 139 Å². The molecule has 2 nitrogen and oxygen atoms in total. The predicted molar refractivity (Wildman–Crippen MR) is 182 cm³/mol. The minimum atomic E-state index is -2.96. The van der Waals surface area contributed by atoms with Crippen molar-refractivity contribution in [2.24, 2.45) is 5.41 Å². The van der Waals surface area contributed by atoms with Gasteiger partial charge in [-0.2, -0.15) is 0 Å². The predicted octanol–water partition coefficient (Wildman–Crippen LogP) is 9.63. The fraction of sp³-hybridized carbons (Fsp3) is 0.175. The summed E-state index contributed by atoms with van der Waals surface area (Å²) >= 11 is 0. The monoisotopic (exact) mass is 575 g/mol. The largest absolute Gasteiger partial charge is 0.309 e. The smallest absolute Gasteiger partial charge is 0.167 e. The highest BCUT2D eigenvalue weighted by Crippen LogP contribution is 2.56. The Bertz CT molecular complexity index is 2030. The van der Waals surface area contributed by atoms with Gasteiger partial charge in [-0.15, -0.1) is 0 Å². The zero-order valence-electron chi connectivity index (χ0n) is 24.4. The number of aromatic nitrogens is 1. The molecule has 0 saturated carbocycles. The molecule has 0 radical (unpaired) electrons. The summed E-state index contributed by atoms with van der Waals surface area (Å²) in [5.41, 5.74) is 6.46. The first-order valence-electron chi connectivity index (χ1n) is 15.4. The van der Waals surface area contributed by atoms with Gasteiger partial charge in [-0.25, -0.2) is 0 Å². The number of hydrogen-bond donors (Lipinski definition) is 0. The van der Waals surface area contributed by atoms with Crippen LogP contribution < -0.4 is 10.6 Å². The maximum Gasteiger partial charge on any atom is 0.167 e. The number of benzene rings is 4. The highest BCUT2D eigenvalue weighted by atomic mass is 31.2. The highest BCUT2D eigenvalue weighted by Gasteiger charge is 2.40. The molecule has 0 amide bonds. The van der Waals surface area contributed by atoms with Gasteiger partial charge in [0.2, 0.25) is 0 Å². The highest BCUT2D eigenvalue weighted by molar-refractivity contribution is 7.82. The molecule has 8 rings (SSSR count). The van der Waals surface area contributed by atoms with Crippen molar-refractivity contribution in [3.8, 4) is 0 Å². The molecule has 3 heteroatoms. The molecule has 2 unspecified atom stereocenters. The molecule has 3 aliphatic rings. The van der Waals surface area contributed by atoms with E-state index in [1.165, 1.54) is 38.6 Å². The van der Waals surface area contributed by atoms with Crippen LogP contribution in [0.4, 0.5) is 0 Å². The number of allylic oxidation sites excluding steroid dienone is 8. The quantitative estimate of drug-likeness (QED) is 0.158. The van der Waals surface area contributed by atoms with Crippen LogP contribution in [0.3, 0.4) is 0 Å². The molecule has 5 aromatic rings. The lowest BCUT2D eigenvalue weighted by Crippen LogP contribution is -2.31. The lowest BCUT2D eigenvalue weighted by Gasteiger charge is -2.41. The summed E-state index contributed by atoms with van der Waals surface area (Å²) in [5.74, 6) is 0.259. The zero-order chi connectivity index (χ0) is 29.0. The van der Waals surface area contributed by atoms with Crippen molar-refractivity contribution >= 4 is 45.0 Å². The Balaban J connectivity index is 1.34. The summed E-state index contributed by atoms with van der Waals surface area (Å²) in [7, 11) is -2.96. The summed E-state index contributed by atoms with van der Waals surface area (Å²) in [6.45, 7) is 2.38. The van der Waals surface area contributed by atoms with Gasteiger partial charge < -0.3 is 4.57 Å². The number of rotatable bonds is 4. The second-order valence-electron chi connectivity index (χ2n) is 12.4. The lowest BCUT2D eigenvalue weighted by atomic mass is 9.64. The number of nitrogens with zero attached hydrogens (tertiary/aromatic N) is 1. The number of fused-ring (bicyclic) bond motifs is 6. The Labute approximate surface area is 253 Å². The second-order valence-corrected chi connectivity index (χ2v) is 15.2. The normalized spacial score (nSPS) is 21.3. The van der Waals surface area contributed by atoms with Crippen molar-refractivity contribution < 1.29 is 4.57 Å². The van der Waals surface area contributed by atoms with Crippen LogP contribution >= 0.6 is 7.14 Å². The first-order chi connectivity index (χ1) is 21.1. The van der Waals surface area contributed by atoms with Gasteiger partial charge >= 0.3 is 0 Å². The van der Waals surface area contributed by atoms with E-state index < -0.39 is 7.14 Å². The first kappa shape index (κ1) is 26.4. The summed E-state index contributed by atoms with van der Waals surface area (Å²) in [5, 5.41) is 6.49. The third-order valence-corrected chi connectivity index (χ3v) is 13.1. The molecule has 4 aromatic carbocycles. The van der Waals surface area contributed by atoms with Crippen molar-refractivity contribution in [1.82, 2.24) is 4.98 Å². The molecule has 1 aromatic heterocycles. The van der Waals surface area contributed by atoms with E-state index in [-0.39, 0.29) is 11.3 Å². The van der Waals surface area contributed by atoms with Crippen LogP contribution in [0.25, 0.3) is 27.2 Å². The van der Waals surface area contributed by atoms with Crippen LogP contribution in [0, 0.1) is 5.41 Å². The minimum absolute atomic E-state index is 0.0797. The summed E-state index contributed by atoms with van der Waals surface area (Å²) < 4.78 is 15.1. The maximum absolute atomic E-state index is 15.1. The lowest BCUT2D eigenvalue weighted by molar-refractivity contribution is 0.321.